The maximum absolute atomic E-state index is 12.6. The molecule has 0 atom stereocenters. The second kappa shape index (κ2) is 10.8. The van der Waals surface area contributed by atoms with E-state index in [0.29, 0.717) is 30.3 Å². The molecular formula is C23H32N4O4. The number of unbranched alkanes of at least 4 members (excludes halogenated alkanes) is 3. The van der Waals surface area contributed by atoms with Gasteiger partial charge in [0.05, 0.1) is 19.9 Å². The Morgan fingerprint density at radius 1 is 1.06 bits per heavy atom. The highest BCUT2D eigenvalue weighted by atomic mass is 16.5. The minimum absolute atomic E-state index is 0.101. The highest BCUT2D eigenvalue weighted by Gasteiger charge is 2.21. The van der Waals surface area contributed by atoms with E-state index in [9.17, 15) is 9.59 Å². The molecule has 1 aromatic heterocycles. The Balaban J connectivity index is 1.61. The van der Waals surface area contributed by atoms with Crippen LogP contribution in [0.4, 0.5) is 5.82 Å². The Labute approximate surface area is 183 Å². The van der Waals surface area contributed by atoms with Crippen molar-refractivity contribution in [2.75, 3.05) is 32.6 Å². The number of hydrogen-bond donors (Lipinski definition) is 2. The van der Waals surface area contributed by atoms with Gasteiger partial charge in [-0.1, -0.05) is 19.8 Å². The first-order chi connectivity index (χ1) is 15.1. The van der Waals surface area contributed by atoms with Gasteiger partial charge >= 0.3 is 5.69 Å². The molecule has 0 fully saturated rings. The summed E-state index contributed by atoms with van der Waals surface area (Å²) < 4.78 is 12.6. The second-order valence-electron chi connectivity index (χ2n) is 7.62. The monoisotopic (exact) mass is 428 g/mol. The minimum Gasteiger partial charge on any atom is -0.493 e. The Hall–Kier alpha value is -3.03. The van der Waals surface area contributed by atoms with Gasteiger partial charge in [0, 0.05) is 37.7 Å². The van der Waals surface area contributed by atoms with E-state index < -0.39 is 0 Å². The van der Waals surface area contributed by atoms with Gasteiger partial charge in [-0.2, -0.15) is 4.98 Å². The van der Waals surface area contributed by atoms with Crippen LogP contribution >= 0.6 is 0 Å². The van der Waals surface area contributed by atoms with E-state index >= 15 is 0 Å². The number of anilines is 1. The summed E-state index contributed by atoms with van der Waals surface area (Å²) >= 11 is 0. The third kappa shape index (κ3) is 5.57. The number of aryl methyl sites for hydroxylation is 1. The van der Waals surface area contributed by atoms with Crippen LogP contribution in [-0.4, -0.2) is 42.8 Å². The highest BCUT2D eigenvalue weighted by Crippen LogP contribution is 2.38. The van der Waals surface area contributed by atoms with Crippen molar-refractivity contribution in [3.05, 3.63) is 34.2 Å². The maximum atomic E-state index is 12.6. The normalized spacial score (nSPS) is 12.0. The van der Waals surface area contributed by atoms with Crippen LogP contribution < -0.4 is 25.8 Å². The molecule has 0 unspecified atom stereocenters. The lowest BCUT2D eigenvalue weighted by Gasteiger charge is -2.23. The summed E-state index contributed by atoms with van der Waals surface area (Å²) in [5.74, 6) is 2.03. The van der Waals surface area contributed by atoms with Crippen LogP contribution in [0.3, 0.4) is 0 Å². The average molecular weight is 429 g/mol. The molecule has 1 amide bonds. The van der Waals surface area contributed by atoms with Gasteiger partial charge in [-0.25, -0.2) is 4.79 Å². The molecule has 2 heterocycles. The lowest BCUT2D eigenvalue weighted by molar-refractivity contribution is -0.120. The maximum Gasteiger partial charge on any atom is 0.349 e. The molecule has 0 saturated carbocycles. The van der Waals surface area contributed by atoms with Crippen molar-refractivity contribution in [1.29, 1.82) is 0 Å². The Morgan fingerprint density at radius 3 is 2.48 bits per heavy atom. The summed E-state index contributed by atoms with van der Waals surface area (Å²) in [5.41, 5.74) is 2.70. The molecule has 0 radical (unpaired) electrons. The van der Waals surface area contributed by atoms with Crippen LogP contribution in [-0.2, 0) is 17.8 Å². The van der Waals surface area contributed by atoms with E-state index in [4.69, 9.17) is 9.47 Å². The number of nitrogens with one attached hydrogen (secondary N) is 2. The van der Waals surface area contributed by atoms with Crippen molar-refractivity contribution >= 4 is 11.7 Å². The molecule has 31 heavy (non-hydrogen) atoms. The molecule has 2 aromatic rings. The van der Waals surface area contributed by atoms with Gasteiger partial charge in [-0.05, 0) is 37.0 Å². The SMILES string of the molecule is CCC(=O)NCCCCCCNc1cc2n(c(=O)n1)CCc1cc(OC)c(OC)cc1-2. The van der Waals surface area contributed by atoms with Gasteiger partial charge in [0.1, 0.15) is 5.82 Å². The molecule has 1 aliphatic heterocycles. The number of fused-ring (bicyclic) bond motifs is 3. The number of amides is 1. The molecule has 0 spiro atoms. The fourth-order valence-corrected chi connectivity index (χ4v) is 3.81. The first-order valence-corrected chi connectivity index (χ1v) is 10.9. The predicted octanol–water partition coefficient (Wildman–Crippen LogP) is 2.98. The van der Waals surface area contributed by atoms with E-state index in [0.717, 1.165) is 62.0 Å². The van der Waals surface area contributed by atoms with Crippen molar-refractivity contribution in [1.82, 2.24) is 14.9 Å². The molecule has 3 rings (SSSR count). The van der Waals surface area contributed by atoms with Crippen LogP contribution in [0.2, 0.25) is 0 Å². The zero-order valence-corrected chi connectivity index (χ0v) is 18.6. The molecule has 8 nitrogen and oxygen atoms in total. The van der Waals surface area contributed by atoms with Crippen molar-refractivity contribution in [2.24, 2.45) is 0 Å². The summed E-state index contributed by atoms with van der Waals surface area (Å²) in [7, 11) is 3.23. The third-order valence-electron chi connectivity index (χ3n) is 5.55. The first-order valence-electron chi connectivity index (χ1n) is 10.9. The second-order valence-corrected chi connectivity index (χ2v) is 7.62. The highest BCUT2D eigenvalue weighted by molar-refractivity contribution is 5.75. The quantitative estimate of drug-likeness (QED) is 0.535. The first kappa shape index (κ1) is 22.7. The fraction of sp³-hybridized carbons (Fsp3) is 0.522. The molecule has 1 aromatic carbocycles. The lowest BCUT2D eigenvalue weighted by Crippen LogP contribution is -2.29. The number of ether oxygens (including phenoxy) is 2. The van der Waals surface area contributed by atoms with Crippen molar-refractivity contribution in [2.45, 2.75) is 52.0 Å². The number of carbonyl (C=O) groups is 1. The predicted molar refractivity (Wildman–Crippen MR) is 121 cm³/mol. The largest absolute Gasteiger partial charge is 0.493 e. The van der Waals surface area contributed by atoms with Gasteiger partial charge in [-0.3, -0.25) is 9.36 Å². The zero-order chi connectivity index (χ0) is 22.2. The van der Waals surface area contributed by atoms with Gasteiger partial charge in [0.15, 0.2) is 11.5 Å². The molecule has 168 valence electrons. The van der Waals surface area contributed by atoms with Crippen LogP contribution in [0, 0.1) is 0 Å². The number of methoxy groups -OCH3 is 2. The number of carbonyl (C=O) groups excluding carboxylic acids is 1. The number of hydrogen-bond acceptors (Lipinski definition) is 6. The van der Waals surface area contributed by atoms with Gasteiger partial charge < -0.3 is 20.1 Å². The summed E-state index contributed by atoms with van der Waals surface area (Å²) in [6, 6.07) is 5.85. The van der Waals surface area contributed by atoms with E-state index in [1.54, 1.807) is 18.8 Å². The number of benzene rings is 1. The smallest absolute Gasteiger partial charge is 0.349 e. The van der Waals surface area contributed by atoms with Crippen LogP contribution in [0.15, 0.2) is 23.0 Å². The molecule has 0 bridgehead atoms. The van der Waals surface area contributed by atoms with Crippen molar-refractivity contribution < 1.29 is 14.3 Å². The van der Waals surface area contributed by atoms with Gasteiger partial charge in [0.2, 0.25) is 5.91 Å². The summed E-state index contributed by atoms with van der Waals surface area (Å²) in [6.45, 7) is 3.93. The fourth-order valence-electron chi connectivity index (χ4n) is 3.81. The summed E-state index contributed by atoms with van der Waals surface area (Å²) in [6.07, 6.45) is 5.34. The van der Waals surface area contributed by atoms with Crippen LogP contribution in [0.1, 0.15) is 44.6 Å². The minimum atomic E-state index is -0.243. The third-order valence-corrected chi connectivity index (χ3v) is 5.55. The van der Waals surface area contributed by atoms with Gasteiger partial charge in [0.25, 0.3) is 0 Å². The number of rotatable bonds is 11. The Kier molecular flexibility index (Phi) is 7.92. The van der Waals surface area contributed by atoms with Crippen LogP contribution in [0.25, 0.3) is 11.3 Å². The van der Waals surface area contributed by atoms with E-state index in [-0.39, 0.29) is 11.6 Å². The van der Waals surface area contributed by atoms with Gasteiger partial charge in [-0.15, -0.1) is 0 Å². The van der Waals surface area contributed by atoms with E-state index in [1.807, 2.05) is 25.1 Å². The standard InChI is InChI=1S/C23H32N4O4/c1-4-22(28)25-11-8-6-5-7-10-24-21-15-18-17-14-20(31-3)19(30-2)13-16(17)9-12-27(18)23(29)26-21/h13-15H,4-12H2,1-3H3,(H,25,28)(H,24,26,29). The molecule has 2 N–H and O–H groups in total. The molecule has 0 aliphatic carbocycles. The molecule has 0 saturated heterocycles. The zero-order valence-electron chi connectivity index (χ0n) is 18.6. The summed E-state index contributed by atoms with van der Waals surface area (Å²) in [5, 5.41) is 6.18. The molecule has 1 aliphatic rings. The molecule has 8 heteroatoms. The van der Waals surface area contributed by atoms with E-state index in [2.05, 4.69) is 15.6 Å². The van der Waals surface area contributed by atoms with Crippen LogP contribution in [0.5, 0.6) is 11.5 Å². The lowest BCUT2D eigenvalue weighted by atomic mass is 9.97. The Bertz CT molecular complexity index is 971. The van der Waals surface area contributed by atoms with Crippen molar-refractivity contribution in [3.8, 4) is 22.8 Å². The number of nitrogens with zero attached hydrogens (tertiary/aromatic N) is 2. The number of aromatic nitrogens is 2. The van der Waals surface area contributed by atoms with Crippen molar-refractivity contribution in [3.63, 3.8) is 0 Å². The van der Waals surface area contributed by atoms with E-state index in [1.165, 1.54) is 0 Å². The average Bonchev–Trinajstić information content (AvgIpc) is 2.79. The topological polar surface area (TPSA) is 94.5 Å². The summed E-state index contributed by atoms with van der Waals surface area (Å²) in [4.78, 5) is 28.0. The molecular weight excluding hydrogens is 396 g/mol. The Morgan fingerprint density at radius 2 is 1.77 bits per heavy atom.